The van der Waals surface area contributed by atoms with Crippen LogP contribution in [-0.2, 0) is 6.42 Å². The highest BCUT2D eigenvalue weighted by atomic mass is 32.1. The van der Waals surface area contributed by atoms with Crippen molar-refractivity contribution >= 4 is 17.2 Å². The minimum atomic E-state index is -0.393. The molecule has 1 rings (SSSR count). The highest BCUT2D eigenvalue weighted by Gasteiger charge is 2.12. The molecule has 4 heteroatoms. The first-order valence-electron chi connectivity index (χ1n) is 3.03. The van der Waals surface area contributed by atoms with Crippen LogP contribution in [0, 0.1) is 0 Å². The van der Waals surface area contributed by atoms with Crippen molar-refractivity contribution < 1.29 is 9.78 Å². The van der Waals surface area contributed by atoms with Crippen LogP contribution >= 0.6 is 11.3 Å². The van der Waals surface area contributed by atoms with E-state index in [1.807, 2.05) is 6.92 Å². The number of H-pyrrole nitrogens is 1. The Kier molecular flexibility index (Phi) is 2.01. The highest BCUT2D eigenvalue weighted by molar-refractivity contribution is 7.09. The van der Waals surface area contributed by atoms with Crippen molar-refractivity contribution in [1.82, 2.24) is 0 Å². The molecule has 0 aliphatic carbocycles. The van der Waals surface area contributed by atoms with Crippen LogP contribution in [0.25, 0.3) is 0 Å². The van der Waals surface area contributed by atoms with E-state index in [2.05, 4.69) is 4.98 Å². The Morgan fingerprint density at radius 3 is 2.90 bits per heavy atom. The number of nitrogens with one attached hydrogen (secondary N) is 1. The topological polar surface area (TPSA) is 57.2 Å². The lowest BCUT2D eigenvalue weighted by Crippen LogP contribution is -2.21. The van der Waals surface area contributed by atoms with E-state index in [-0.39, 0.29) is 0 Å². The van der Waals surface area contributed by atoms with E-state index in [1.165, 1.54) is 11.3 Å². The van der Waals surface area contributed by atoms with Gasteiger partial charge in [-0.1, -0.05) is 18.3 Å². The molecule has 0 saturated heterocycles. The molecule has 0 unspecified atom stereocenters. The molecule has 1 amide bonds. The van der Waals surface area contributed by atoms with Gasteiger partial charge in [0.05, 0.1) is 5.38 Å². The number of primary amides is 1. The van der Waals surface area contributed by atoms with Crippen LogP contribution < -0.4 is 10.7 Å². The zero-order valence-corrected chi connectivity index (χ0v) is 6.49. The monoisotopic (exact) mass is 157 g/mol. The number of hydrogen-bond donors (Lipinski definition) is 1. The second-order valence-corrected chi connectivity index (χ2v) is 2.88. The summed E-state index contributed by atoms with van der Waals surface area (Å²) in [5, 5.41) is 2.81. The number of amides is 1. The van der Waals surface area contributed by atoms with E-state index in [9.17, 15) is 4.79 Å². The molecule has 10 heavy (non-hydrogen) atoms. The fourth-order valence-corrected chi connectivity index (χ4v) is 1.40. The van der Waals surface area contributed by atoms with E-state index >= 15 is 0 Å². The Morgan fingerprint density at radius 1 is 1.90 bits per heavy atom. The lowest BCUT2D eigenvalue weighted by atomic mass is 10.4. The van der Waals surface area contributed by atoms with Crippen molar-refractivity contribution in [3.63, 3.8) is 0 Å². The third kappa shape index (κ3) is 1.33. The van der Waals surface area contributed by atoms with Crippen molar-refractivity contribution in [3.8, 4) is 0 Å². The quantitative estimate of drug-likeness (QED) is 0.656. The van der Waals surface area contributed by atoms with Crippen LogP contribution in [0.4, 0.5) is 0 Å². The first-order chi connectivity index (χ1) is 4.74. The van der Waals surface area contributed by atoms with Gasteiger partial charge in [0.25, 0.3) is 5.69 Å². The summed E-state index contributed by atoms with van der Waals surface area (Å²) in [5.74, 6) is -0.393. The third-order valence-corrected chi connectivity index (χ3v) is 2.21. The lowest BCUT2D eigenvalue weighted by Gasteiger charge is -1.76. The summed E-state index contributed by atoms with van der Waals surface area (Å²) in [6.45, 7) is 2.02. The van der Waals surface area contributed by atoms with Crippen LogP contribution in [0.1, 0.15) is 22.4 Å². The van der Waals surface area contributed by atoms with E-state index in [1.54, 1.807) is 5.38 Å². The van der Waals surface area contributed by atoms with E-state index in [0.29, 0.717) is 5.69 Å². The molecule has 54 valence electrons. The Bertz CT molecular complexity index is 244. The molecule has 0 aliphatic heterocycles. The molecule has 0 radical (unpaired) electrons. The van der Waals surface area contributed by atoms with Crippen LogP contribution in [0.2, 0.25) is 0 Å². The summed E-state index contributed by atoms with van der Waals surface area (Å²) < 4.78 is 0. The van der Waals surface area contributed by atoms with Crippen molar-refractivity contribution in [2.45, 2.75) is 13.3 Å². The molecule has 0 atom stereocenters. The summed E-state index contributed by atoms with van der Waals surface area (Å²) in [6.07, 6.45) is 0.915. The second-order valence-electron chi connectivity index (χ2n) is 1.92. The third-order valence-electron chi connectivity index (χ3n) is 1.18. The van der Waals surface area contributed by atoms with Gasteiger partial charge in [0, 0.05) is 6.42 Å². The summed E-state index contributed by atoms with van der Waals surface area (Å²) in [5.41, 5.74) is 5.52. The standard InChI is InChI=1S/C6H8N2OS/c1-2-5-8-4(3-10-5)6(7)9/h3H,2H2,1H3,(H2,7,9)/p+1. The molecule has 0 saturated carbocycles. The summed E-state index contributed by atoms with van der Waals surface area (Å²) in [7, 11) is 0. The fourth-order valence-electron chi connectivity index (χ4n) is 0.631. The molecule has 3 N–H and O–H groups in total. The predicted octanol–water partition coefficient (Wildman–Crippen LogP) is 0.223. The number of carbonyl (C=O) groups excluding carboxylic acids is 1. The fraction of sp³-hybridized carbons (Fsp3) is 0.333. The van der Waals surface area contributed by atoms with Gasteiger partial charge in [0.15, 0.2) is 0 Å². The molecular formula is C6H9N2OS+. The first kappa shape index (κ1) is 7.21. The molecule has 1 aromatic rings. The Hall–Kier alpha value is -0.900. The van der Waals surface area contributed by atoms with E-state index in [4.69, 9.17) is 5.73 Å². The smallest absolute Gasteiger partial charge is 0.314 e. The van der Waals surface area contributed by atoms with Crippen molar-refractivity contribution in [1.29, 1.82) is 0 Å². The molecule has 1 aromatic heterocycles. The maximum atomic E-state index is 10.5. The number of thiazole rings is 1. The zero-order valence-electron chi connectivity index (χ0n) is 5.68. The molecule has 3 nitrogen and oxygen atoms in total. The summed E-state index contributed by atoms with van der Waals surface area (Å²) in [4.78, 5) is 13.4. The van der Waals surface area contributed by atoms with Crippen molar-refractivity contribution in [2.24, 2.45) is 5.73 Å². The number of aryl methyl sites for hydroxylation is 1. The second kappa shape index (κ2) is 2.79. The SMILES string of the molecule is CCc1[nH+]c(C(N)=O)cs1. The molecular weight excluding hydrogens is 148 g/mol. The molecule has 0 aliphatic rings. The highest BCUT2D eigenvalue weighted by Crippen LogP contribution is 2.03. The average molecular weight is 157 g/mol. The maximum Gasteiger partial charge on any atom is 0.314 e. The van der Waals surface area contributed by atoms with Gasteiger partial charge >= 0.3 is 5.91 Å². The number of carbonyl (C=O) groups is 1. The van der Waals surface area contributed by atoms with Gasteiger partial charge in [0.1, 0.15) is 0 Å². The predicted molar refractivity (Wildman–Crippen MR) is 38.8 cm³/mol. The minimum Gasteiger partial charge on any atom is -0.360 e. The largest absolute Gasteiger partial charge is 0.360 e. The van der Waals surface area contributed by atoms with E-state index in [0.717, 1.165) is 11.4 Å². The van der Waals surface area contributed by atoms with Gasteiger partial charge in [-0.15, -0.1) is 0 Å². The number of aromatic nitrogens is 1. The Balaban J connectivity index is 2.88. The maximum absolute atomic E-state index is 10.5. The Morgan fingerprint density at radius 2 is 2.60 bits per heavy atom. The molecule has 0 aromatic carbocycles. The van der Waals surface area contributed by atoms with Crippen LogP contribution in [0.5, 0.6) is 0 Å². The molecule has 0 bridgehead atoms. The molecule has 0 spiro atoms. The van der Waals surface area contributed by atoms with Gasteiger partial charge in [-0.25, -0.2) is 0 Å². The molecule has 0 fully saturated rings. The summed E-state index contributed by atoms with van der Waals surface area (Å²) in [6, 6.07) is 0. The van der Waals surface area contributed by atoms with E-state index < -0.39 is 5.91 Å². The van der Waals surface area contributed by atoms with Crippen molar-refractivity contribution in [2.75, 3.05) is 0 Å². The van der Waals surface area contributed by atoms with Crippen molar-refractivity contribution in [3.05, 3.63) is 16.1 Å². The molecule has 1 heterocycles. The Labute approximate surface area is 62.9 Å². The van der Waals surface area contributed by atoms with Crippen LogP contribution in [-0.4, -0.2) is 5.91 Å². The zero-order chi connectivity index (χ0) is 7.56. The normalized spacial score (nSPS) is 9.70. The van der Waals surface area contributed by atoms with Crippen LogP contribution in [0.15, 0.2) is 5.38 Å². The number of aromatic amines is 1. The summed E-state index contributed by atoms with van der Waals surface area (Å²) >= 11 is 1.52. The lowest BCUT2D eigenvalue weighted by molar-refractivity contribution is -0.385. The number of hydrogen-bond acceptors (Lipinski definition) is 2. The van der Waals surface area contributed by atoms with Gasteiger partial charge in [-0.2, -0.15) is 4.98 Å². The van der Waals surface area contributed by atoms with Gasteiger partial charge in [-0.3, -0.25) is 4.79 Å². The van der Waals surface area contributed by atoms with Gasteiger partial charge in [0.2, 0.25) is 5.01 Å². The average Bonchev–Trinajstić information content (AvgIpc) is 2.34. The number of rotatable bonds is 2. The van der Waals surface area contributed by atoms with Gasteiger partial charge in [-0.05, 0) is 0 Å². The first-order valence-corrected chi connectivity index (χ1v) is 3.91. The van der Waals surface area contributed by atoms with Crippen LogP contribution in [0.3, 0.4) is 0 Å². The van der Waals surface area contributed by atoms with Gasteiger partial charge < -0.3 is 5.73 Å². The number of nitrogens with two attached hydrogens (primary N) is 1. The minimum absolute atomic E-state index is 0.393.